The average Bonchev–Trinajstić information content (AvgIpc) is 3.55. The molecular formula is C31H27NO6. The van der Waals surface area contributed by atoms with Gasteiger partial charge in [-0.15, -0.1) is 0 Å². The minimum atomic E-state index is -0.861. The molecule has 0 aliphatic carbocycles. The molecule has 1 N–H and O–H groups in total. The predicted molar refractivity (Wildman–Crippen MR) is 142 cm³/mol. The molecule has 4 aromatic rings. The van der Waals surface area contributed by atoms with Gasteiger partial charge in [0.2, 0.25) is 0 Å². The van der Waals surface area contributed by atoms with Crippen molar-refractivity contribution >= 4 is 17.4 Å². The summed E-state index contributed by atoms with van der Waals surface area (Å²) in [7, 11) is 0. The Morgan fingerprint density at radius 2 is 1.66 bits per heavy atom. The Balaban J connectivity index is 1.59. The highest BCUT2D eigenvalue weighted by Gasteiger charge is 2.46. The molecule has 5 rings (SSSR count). The van der Waals surface area contributed by atoms with E-state index in [1.165, 1.54) is 11.2 Å². The standard InChI is InChI=1S/C31H27NO6/c1-2-16-36-24-13-7-10-22(19-24)29(33)27-28(32(31(35)30(27)34)20-26-15-8-17-37-26)21-9-6-14-25(18-21)38-23-11-4-3-5-12-23/h3-15,17-19,28,33H,2,16,20H2,1H3/b29-27+. The zero-order valence-electron chi connectivity index (χ0n) is 20.9. The summed E-state index contributed by atoms with van der Waals surface area (Å²) in [5.41, 5.74) is 0.992. The number of ether oxygens (including phenoxy) is 2. The summed E-state index contributed by atoms with van der Waals surface area (Å²) < 4.78 is 17.2. The van der Waals surface area contributed by atoms with E-state index in [-0.39, 0.29) is 17.9 Å². The first-order chi connectivity index (χ1) is 18.5. The minimum Gasteiger partial charge on any atom is -0.507 e. The topological polar surface area (TPSA) is 89.2 Å². The number of ketones is 1. The van der Waals surface area contributed by atoms with Crippen LogP contribution in [0.3, 0.4) is 0 Å². The van der Waals surface area contributed by atoms with Gasteiger partial charge >= 0.3 is 0 Å². The Morgan fingerprint density at radius 1 is 0.895 bits per heavy atom. The first-order valence-corrected chi connectivity index (χ1v) is 12.4. The maximum Gasteiger partial charge on any atom is 0.296 e. The van der Waals surface area contributed by atoms with E-state index in [2.05, 4.69) is 0 Å². The molecule has 3 aromatic carbocycles. The Kier molecular flexibility index (Phi) is 7.26. The number of nitrogens with zero attached hydrogens (tertiary/aromatic N) is 1. The van der Waals surface area contributed by atoms with Gasteiger partial charge < -0.3 is 23.9 Å². The number of aliphatic hydroxyl groups excluding tert-OH is 1. The third-order valence-electron chi connectivity index (χ3n) is 6.18. The third kappa shape index (κ3) is 5.18. The molecule has 1 atom stereocenters. The Hall–Kier alpha value is -4.78. The van der Waals surface area contributed by atoms with E-state index >= 15 is 0 Å². The number of amides is 1. The van der Waals surface area contributed by atoms with Crippen molar-refractivity contribution in [3.05, 3.63) is 120 Å². The summed E-state index contributed by atoms with van der Waals surface area (Å²) in [6.07, 6.45) is 2.34. The van der Waals surface area contributed by atoms with Crippen LogP contribution in [0.5, 0.6) is 17.2 Å². The molecule has 7 nitrogen and oxygen atoms in total. The fraction of sp³-hybridized carbons (Fsp3) is 0.161. The van der Waals surface area contributed by atoms with Gasteiger partial charge in [0.05, 0.1) is 31.0 Å². The fourth-order valence-corrected chi connectivity index (χ4v) is 4.44. The largest absolute Gasteiger partial charge is 0.507 e. The van der Waals surface area contributed by atoms with E-state index in [9.17, 15) is 14.7 Å². The predicted octanol–water partition coefficient (Wildman–Crippen LogP) is 6.48. The zero-order chi connectivity index (χ0) is 26.5. The molecule has 1 amide bonds. The maximum absolute atomic E-state index is 13.4. The number of benzene rings is 3. The van der Waals surface area contributed by atoms with Crippen LogP contribution in [0, 0.1) is 0 Å². The van der Waals surface area contributed by atoms with Crippen LogP contribution in [-0.4, -0.2) is 28.3 Å². The van der Waals surface area contributed by atoms with Crippen molar-refractivity contribution in [1.82, 2.24) is 4.90 Å². The molecule has 0 saturated carbocycles. The Morgan fingerprint density at radius 3 is 2.42 bits per heavy atom. The zero-order valence-corrected chi connectivity index (χ0v) is 20.9. The van der Waals surface area contributed by atoms with Crippen LogP contribution in [-0.2, 0) is 16.1 Å². The second-order valence-electron chi connectivity index (χ2n) is 8.87. The molecule has 1 fully saturated rings. The highest BCUT2D eigenvalue weighted by atomic mass is 16.5. The van der Waals surface area contributed by atoms with Gasteiger partial charge in [0.15, 0.2) is 0 Å². The smallest absolute Gasteiger partial charge is 0.296 e. The van der Waals surface area contributed by atoms with E-state index in [1.807, 2.05) is 37.3 Å². The number of rotatable bonds is 9. The Bertz CT molecular complexity index is 1460. The van der Waals surface area contributed by atoms with Crippen LogP contribution in [0.2, 0.25) is 0 Å². The molecule has 2 heterocycles. The van der Waals surface area contributed by atoms with Crippen molar-refractivity contribution in [2.75, 3.05) is 6.61 Å². The molecule has 192 valence electrons. The van der Waals surface area contributed by atoms with Gasteiger partial charge in [-0.25, -0.2) is 0 Å². The number of carbonyl (C=O) groups excluding carboxylic acids is 2. The van der Waals surface area contributed by atoms with Crippen molar-refractivity contribution in [3.8, 4) is 17.2 Å². The van der Waals surface area contributed by atoms with Crippen LogP contribution in [0.25, 0.3) is 5.76 Å². The first kappa shape index (κ1) is 24.9. The first-order valence-electron chi connectivity index (χ1n) is 12.4. The Labute approximate surface area is 220 Å². The monoisotopic (exact) mass is 509 g/mol. The summed E-state index contributed by atoms with van der Waals surface area (Å²) in [4.78, 5) is 28.1. The summed E-state index contributed by atoms with van der Waals surface area (Å²) in [6.45, 7) is 2.58. The van der Waals surface area contributed by atoms with E-state index in [0.29, 0.717) is 40.7 Å². The van der Waals surface area contributed by atoms with Crippen LogP contribution in [0.1, 0.15) is 36.3 Å². The molecule has 0 bridgehead atoms. The summed E-state index contributed by atoms with van der Waals surface area (Å²) in [5.74, 6) is 0.505. The quantitative estimate of drug-likeness (QED) is 0.158. The number of furan rings is 1. The number of aliphatic hydroxyl groups is 1. The lowest BCUT2D eigenvalue weighted by molar-refractivity contribution is -0.140. The number of carbonyl (C=O) groups is 2. The van der Waals surface area contributed by atoms with E-state index in [1.54, 1.807) is 60.7 Å². The second-order valence-corrected chi connectivity index (χ2v) is 8.87. The average molecular weight is 510 g/mol. The molecular weight excluding hydrogens is 482 g/mol. The lowest BCUT2D eigenvalue weighted by Gasteiger charge is -2.25. The lowest BCUT2D eigenvalue weighted by Crippen LogP contribution is -2.29. The van der Waals surface area contributed by atoms with Crippen molar-refractivity contribution in [1.29, 1.82) is 0 Å². The van der Waals surface area contributed by atoms with E-state index in [4.69, 9.17) is 13.9 Å². The summed E-state index contributed by atoms with van der Waals surface area (Å²) >= 11 is 0. The molecule has 0 radical (unpaired) electrons. The molecule has 1 unspecified atom stereocenters. The minimum absolute atomic E-state index is 0.00828. The van der Waals surface area contributed by atoms with Crippen LogP contribution >= 0.6 is 0 Å². The molecule has 38 heavy (non-hydrogen) atoms. The molecule has 7 heteroatoms. The van der Waals surface area contributed by atoms with Gasteiger partial charge in [-0.3, -0.25) is 9.59 Å². The number of Topliss-reactive ketones (excluding diaryl/α,β-unsaturated/α-hetero) is 1. The summed E-state index contributed by atoms with van der Waals surface area (Å²) in [5, 5.41) is 11.4. The van der Waals surface area contributed by atoms with Crippen molar-refractivity contribution < 1.29 is 28.6 Å². The van der Waals surface area contributed by atoms with E-state index < -0.39 is 17.7 Å². The molecule has 1 aliphatic heterocycles. The van der Waals surface area contributed by atoms with Gasteiger partial charge in [-0.05, 0) is 60.5 Å². The maximum atomic E-state index is 13.4. The molecule has 0 spiro atoms. The van der Waals surface area contributed by atoms with Gasteiger partial charge in [-0.1, -0.05) is 49.4 Å². The number of hydrogen-bond acceptors (Lipinski definition) is 6. The normalized spacial score (nSPS) is 16.6. The highest BCUT2D eigenvalue weighted by molar-refractivity contribution is 6.46. The lowest BCUT2D eigenvalue weighted by atomic mass is 9.95. The van der Waals surface area contributed by atoms with Gasteiger partial charge in [-0.2, -0.15) is 0 Å². The van der Waals surface area contributed by atoms with Crippen LogP contribution in [0.4, 0.5) is 0 Å². The number of para-hydroxylation sites is 1. The summed E-state index contributed by atoms with van der Waals surface area (Å²) in [6, 6.07) is 25.9. The molecule has 1 aromatic heterocycles. The van der Waals surface area contributed by atoms with Crippen LogP contribution < -0.4 is 9.47 Å². The third-order valence-corrected chi connectivity index (χ3v) is 6.18. The molecule has 1 saturated heterocycles. The van der Waals surface area contributed by atoms with Gasteiger partial charge in [0.1, 0.15) is 28.8 Å². The van der Waals surface area contributed by atoms with Crippen molar-refractivity contribution in [2.45, 2.75) is 25.9 Å². The number of likely N-dealkylation sites (tertiary alicyclic amines) is 1. The van der Waals surface area contributed by atoms with Crippen molar-refractivity contribution in [2.24, 2.45) is 0 Å². The SMILES string of the molecule is CCCOc1cccc(/C(O)=C2\C(=O)C(=O)N(Cc3ccco3)C2c2cccc(Oc3ccccc3)c2)c1. The van der Waals surface area contributed by atoms with Crippen molar-refractivity contribution in [3.63, 3.8) is 0 Å². The fourth-order valence-electron chi connectivity index (χ4n) is 4.44. The second kappa shape index (κ2) is 11.1. The van der Waals surface area contributed by atoms with E-state index in [0.717, 1.165) is 6.42 Å². The number of hydrogen-bond donors (Lipinski definition) is 1. The molecule has 1 aliphatic rings. The highest BCUT2D eigenvalue weighted by Crippen LogP contribution is 2.41. The van der Waals surface area contributed by atoms with Crippen LogP contribution in [0.15, 0.2) is 107 Å². The van der Waals surface area contributed by atoms with Gasteiger partial charge in [0.25, 0.3) is 11.7 Å². The van der Waals surface area contributed by atoms with Gasteiger partial charge in [0, 0.05) is 5.56 Å².